The molecule has 150 valence electrons. The van der Waals surface area contributed by atoms with E-state index >= 15 is 0 Å². The fourth-order valence-corrected chi connectivity index (χ4v) is 6.32. The number of rotatable bonds is 3. The van der Waals surface area contributed by atoms with Crippen molar-refractivity contribution in [2.45, 2.75) is 0 Å². The maximum absolute atomic E-state index is 12.2. The summed E-state index contributed by atoms with van der Waals surface area (Å²) >= 11 is 8.10. The first-order valence-electron chi connectivity index (χ1n) is 7.75. The average molecular weight is 918 g/mol. The van der Waals surface area contributed by atoms with Crippen LogP contribution in [0.25, 0.3) is 5.57 Å². The number of carboxylic acid groups (broad SMARTS) is 1. The van der Waals surface area contributed by atoms with Gasteiger partial charge in [0, 0.05) is 21.7 Å². The first-order valence-corrected chi connectivity index (χ1v) is 12.1. The molecular formula is C20H12I4Na2O4Ti. The summed E-state index contributed by atoms with van der Waals surface area (Å²) in [7, 11) is 0. The van der Waals surface area contributed by atoms with Gasteiger partial charge in [-0.15, -0.1) is 0 Å². The Hall–Kier alpha value is 2.23. The number of ketones is 1. The van der Waals surface area contributed by atoms with E-state index in [1.54, 1.807) is 36.4 Å². The number of benzene rings is 2. The number of phenols is 1. The fourth-order valence-electron chi connectivity index (χ4n) is 2.78. The van der Waals surface area contributed by atoms with E-state index in [0.29, 0.717) is 25.4 Å². The van der Waals surface area contributed by atoms with Gasteiger partial charge in [0.2, 0.25) is 5.78 Å². The van der Waals surface area contributed by atoms with Crippen LogP contribution in [-0.2, 0) is 26.5 Å². The van der Waals surface area contributed by atoms with Crippen LogP contribution in [-0.4, -0.2) is 22.0 Å². The second-order valence-electron chi connectivity index (χ2n) is 5.78. The largest absolute Gasteiger partial charge is 1.00 e. The van der Waals surface area contributed by atoms with Gasteiger partial charge in [-0.2, -0.15) is 0 Å². The SMILES string of the molecule is O=C1C(I)=CC(=C(c2cc(I)c(O)c(I)c2)c2ccccc2C(=O)O)C=C1I.[H-].[H-].[Na+].[Na+].[Ti]. The van der Waals surface area contributed by atoms with Crippen molar-refractivity contribution >= 4 is 108 Å². The van der Waals surface area contributed by atoms with Crippen molar-refractivity contribution < 1.29 is 103 Å². The van der Waals surface area contributed by atoms with E-state index in [0.717, 1.165) is 11.1 Å². The molecule has 0 heterocycles. The molecule has 3 rings (SSSR count). The van der Waals surface area contributed by atoms with E-state index in [-0.39, 0.29) is 101 Å². The van der Waals surface area contributed by atoms with Crippen LogP contribution in [0.4, 0.5) is 0 Å². The maximum Gasteiger partial charge on any atom is 1.00 e. The molecule has 31 heavy (non-hydrogen) atoms. The third kappa shape index (κ3) is 7.86. The molecule has 0 bridgehead atoms. The molecule has 0 aliphatic heterocycles. The number of halogens is 4. The molecule has 0 saturated carbocycles. The molecule has 4 nitrogen and oxygen atoms in total. The van der Waals surface area contributed by atoms with Crippen LogP contribution in [0.2, 0.25) is 0 Å². The van der Waals surface area contributed by atoms with Crippen molar-refractivity contribution in [2.75, 3.05) is 0 Å². The van der Waals surface area contributed by atoms with E-state index in [1.165, 1.54) is 0 Å². The third-order valence-electron chi connectivity index (χ3n) is 4.02. The molecule has 0 saturated heterocycles. The second kappa shape index (κ2) is 14.7. The molecular weight excluding hydrogens is 906 g/mol. The summed E-state index contributed by atoms with van der Waals surface area (Å²) in [4.78, 5) is 24.0. The molecule has 2 aromatic rings. The summed E-state index contributed by atoms with van der Waals surface area (Å²) in [5, 5.41) is 19.9. The Labute approximate surface area is 296 Å². The first-order chi connectivity index (χ1) is 13.2. The second-order valence-corrected chi connectivity index (χ2v) is 10.4. The zero-order valence-electron chi connectivity index (χ0n) is 18.3. The summed E-state index contributed by atoms with van der Waals surface area (Å²) in [5.41, 5.74) is 2.94. The molecule has 1 aliphatic carbocycles. The number of hydrogen-bond donors (Lipinski definition) is 2. The average Bonchev–Trinajstić information content (AvgIpc) is 2.64. The van der Waals surface area contributed by atoms with Gasteiger partial charge in [0.1, 0.15) is 5.75 Å². The van der Waals surface area contributed by atoms with E-state index in [2.05, 4.69) is 45.2 Å². The molecule has 11 heteroatoms. The van der Waals surface area contributed by atoms with Crippen LogP contribution in [0.3, 0.4) is 0 Å². The smallest absolute Gasteiger partial charge is 1.00 e. The standard InChI is InChI=1S/C20H10I4O4.2Na.Ti.2H/c21-13-5-9(6-14(22)18(13)25)17(10-7-15(23)19(26)16(24)8-10)11-3-1-2-4-12(11)20(27)28;;;;;/h1-8,25H,(H,27,28);;;;;/q;2*+1;;2*-1. The molecule has 0 fully saturated rings. The molecule has 0 spiro atoms. The Morgan fingerprint density at radius 1 is 0.871 bits per heavy atom. The summed E-state index contributed by atoms with van der Waals surface area (Å²) in [6, 6.07) is 10.4. The van der Waals surface area contributed by atoms with Gasteiger partial charge in [-0.05, 0) is 143 Å². The summed E-state index contributed by atoms with van der Waals surface area (Å²) < 4.78 is 2.45. The number of phenolic OH excluding ortho intramolecular Hbond substituents is 1. The van der Waals surface area contributed by atoms with Gasteiger partial charge in [0.15, 0.2) is 0 Å². The van der Waals surface area contributed by atoms with Crippen LogP contribution >= 0.6 is 90.4 Å². The Kier molecular flexibility index (Phi) is 15.8. The Balaban J connectivity index is -0.00000180. The van der Waals surface area contributed by atoms with Gasteiger partial charge in [-0.1, -0.05) is 18.2 Å². The van der Waals surface area contributed by atoms with Crippen LogP contribution in [0, 0.1) is 7.14 Å². The maximum atomic E-state index is 12.2. The predicted octanol–water partition coefficient (Wildman–Crippen LogP) is 0.553. The first kappa shape index (κ1) is 33.2. The number of aromatic carboxylic acids is 1. The number of Topliss-reactive ketones (excluding diaryl/α,β-unsaturated/α-hetero) is 1. The van der Waals surface area contributed by atoms with Gasteiger partial charge in [0.05, 0.1) is 19.9 Å². The minimum absolute atomic E-state index is 0. The normalized spacial score (nSPS) is 12.5. The minimum atomic E-state index is -1.03. The monoisotopic (exact) mass is 918 g/mol. The molecule has 0 atom stereocenters. The van der Waals surface area contributed by atoms with Crippen LogP contribution in [0.15, 0.2) is 61.3 Å². The zero-order chi connectivity index (χ0) is 20.6. The van der Waals surface area contributed by atoms with Gasteiger partial charge >= 0.3 is 65.1 Å². The van der Waals surface area contributed by atoms with E-state index < -0.39 is 5.97 Å². The van der Waals surface area contributed by atoms with Crippen LogP contribution < -0.4 is 59.1 Å². The van der Waals surface area contributed by atoms with Crippen molar-refractivity contribution in [3.05, 3.63) is 85.1 Å². The number of carbonyl (C=O) groups excluding carboxylic acids is 1. The Morgan fingerprint density at radius 2 is 1.32 bits per heavy atom. The minimum Gasteiger partial charge on any atom is -1.00 e. The molecule has 0 aromatic heterocycles. The van der Waals surface area contributed by atoms with Crippen molar-refractivity contribution in [1.82, 2.24) is 0 Å². The quantitative estimate of drug-likeness (QED) is 0.349. The van der Waals surface area contributed by atoms with E-state index in [4.69, 9.17) is 0 Å². The Bertz CT molecular complexity index is 1090. The molecule has 1 aliphatic rings. The summed E-state index contributed by atoms with van der Waals surface area (Å²) in [6.07, 6.45) is 3.54. The van der Waals surface area contributed by atoms with Crippen LogP contribution in [0.1, 0.15) is 24.3 Å². The van der Waals surface area contributed by atoms with E-state index in [9.17, 15) is 19.8 Å². The van der Waals surface area contributed by atoms with Gasteiger partial charge < -0.3 is 13.1 Å². The Morgan fingerprint density at radius 3 is 1.77 bits per heavy atom. The molecule has 0 amide bonds. The number of hydrogen-bond acceptors (Lipinski definition) is 3. The third-order valence-corrected chi connectivity index (χ3v) is 7.27. The van der Waals surface area contributed by atoms with E-state index in [1.807, 2.05) is 57.3 Å². The van der Waals surface area contributed by atoms with Gasteiger partial charge in [-0.25, -0.2) is 4.79 Å². The summed E-state index contributed by atoms with van der Waals surface area (Å²) in [6.45, 7) is 0. The fraction of sp³-hybridized carbons (Fsp3) is 0. The molecule has 0 radical (unpaired) electrons. The van der Waals surface area contributed by atoms with Gasteiger partial charge in [0.25, 0.3) is 0 Å². The zero-order valence-corrected chi connectivity index (χ0v) is 30.5. The summed E-state index contributed by atoms with van der Waals surface area (Å²) in [5.74, 6) is -0.887. The molecule has 0 unspecified atom stereocenters. The van der Waals surface area contributed by atoms with Gasteiger partial charge in [-0.3, -0.25) is 4.79 Å². The number of aromatic hydroxyl groups is 1. The van der Waals surface area contributed by atoms with Crippen molar-refractivity contribution in [1.29, 1.82) is 0 Å². The van der Waals surface area contributed by atoms with Crippen molar-refractivity contribution in [3.8, 4) is 5.75 Å². The predicted molar refractivity (Wildman–Crippen MR) is 144 cm³/mol. The molecule has 2 aromatic carbocycles. The number of allylic oxidation sites excluding steroid dienone is 5. The van der Waals surface area contributed by atoms with Crippen molar-refractivity contribution in [3.63, 3.8) is 0 Å². The van der Waals surface area contributed by atoms with Crippen molar-refractivity contribution in [2.24, 2.45) is 0 Å². The number of carboxylic acids is 1. The van der Waals surface area contributed by atoms with Crippen LogP contribution in [0.5, 0.6) is 5.75 Å². The number of carbonyl (C=O) groups is 2. The molecule has 2 N–H and O–H groups in total. The topological polar surface area (TPSA) is 74.6 Å².